The van der Waals surface area contributed by atoms with E-state index in [0.717, 1.165) is 18.4 Å². The van der Waals surface area contributed by atoms with Crippen molar-refractivity contribution in [3.05, 3.63) is 35.9 Å². The van der Waals surface area contributed by atoms with Crippen LogP contribution in [0.15, 0.2) is 30.3 Å². The van der Waals surface area contributed by atoms with Gasteiger partial charge in [-0.3, -0.25) is 14.2 Å². The Bertz CT molecular complexity index is 730. The van der Waals surface area contributed by atoms with Gasteiger partial charge in [-0.05, 0) is 44.2 Å². The van der Waals surface area contributed by atoms with Crippen molar-refractivity contribution >= 4 is 19.2 Å². The molecule has 6 N–H and O–H groups in total. The molecule has 1 saturated heterocycles. The minimum atomic E-state index is -3.92. The molecule has 0 spiro atoms. The highest BCUT2D eigenvalue weighted by Crippen LogP contribution is 2.53. The Kier molecular flexibility index (Phi) is 8.83. The maximum Gasteiger partial charge on any atom is 0.307 e. The third-order valence-corrected chi connectivity index (χ3v) is 7.84. The van der Waals surface area contributed by atoms with Crippen LogP contribution < -0.4 is 11.5 Å². The van der Waals surface area contributed by atoms with Crippen LogP contribution in [0.5, 0.6) is 0 Å². The van der Waals surface area contributed by atoms with E-state index in [-0.39, 0.29) is 18.5 Å². The number of aliphatic carboxylic acids is 1. The number of hydrogen-bond donors (Lipinski definition) is 4. The Balaban J connectivity index is 2.07. The number of nitrogens with two attached hydrogens (primary N) is 2. The minimum absolute atomic E-state index is 0.167. The molecule has 29 heavy (non-hydrogen) atoms. The van der Waals surface area contributed by atoms with Crippen molar-refractivity contribution in [3.63, 3.8) is 0 Å². The molecule has 162 valence electrons. The largest absolute Gasteiger partial charge is 0.481 e. The fourth-order valence-electron chi connectivity index (χ4n) is 3.84. The Morgan fingerprint density at radius 2 is 1.93 bits per heavy atom. The smallest absolute Gasteiger partial charge is 0.307 e. The molecule has 1 aliphatic heterocycles. The number of carboxylic acids is 1. The van der Waals surface area contributed by atoms with Crippen LogP contribution in [-0.4, -0.2) is 57.9 Å². The molecule has 1 heterocycles. The van der Waals surface area contributed by atoms with Gasteiger partial charge < -0.3 is 26.4 Å². The van der Waals surface area contributed by atoms with Crippen LogP contribution in [0.4, 0.5) is 0 Å². The first-order valence-corrected chi connectivity index (χ1v) is 12.0. The predicted octanol–water partition coefficient (Wildman–Crippen LogP) is 1.61. The molecule has 1 fully saturated rings. The molecule has 0 aliphatic carbocycles. The first-order chi connectivity index (χ1) is 13.8. The van der Waals surface area contributed by atoms with E-state index in [1.54, 1.807) is 24.3 Å². The standard InChI is InChI=1S/C20H32N3O5P/c21-11-5-4-9-17(22)19(24)23-12-6-10-18(23)29(27,28)14-16(20(25)26)13-15-7-2-1-3-8-15/h1-3,7-8,16-18H,4-6,9-14,21-22H2,(H,25,26)(H,27,28)/t16-,17+,18+/m1/s1. The maximum atomic E-state index is 13.2. The number of amides is 1. The van der Waals surface area contributed by atoms with Crippen molar-refractivity contribution in [1.29, 1.82) is 0 Å². The molecule has 0 saturated carbocycles. The zero-order valence-electron chi connectivity index (χ0n) is 16.7. The summed E-state index contributed by atoms with van der Waals surface area (Å²) in [5.41, 5.74) is 12.3. The van der Waals surface area contributed by atoms with E-state index >= 15 is 0 Å². The zero-order valence-corrected chi connectivity index (χ0v) is 17.5. The summed E-state index contributed by atoms with van der Waals surface area (Å²) in [5, 5.41) is 9.58. The molecular weight excluding hydrogens is 393 g/mol. The molecule has 0 aromatic heterocycles. The number of likely N-dealkylation sites (tertiary alicyclic amines) is 1. The Hall–Kier alpha value is -1.73. The van der Waals surface area contributed by atoms with Crippen molar-refractivity contribution in [2.24, 2.45) is 17.4 Å². The van der Waals surface area contributed by atoms with Gasteiger partial charge in [-0.15, -0.1) is 0 Å². The summed E-state index contributed by atoms with van der Waals surface area (Å²) in [5.74, 6) is -3.32. The Morgan fingerprint density at radius 3 is 2.55 bits per heavy atom. The first kappa shape index (κ1) is 23.5. The molecule has 1 aromatic rings. The molecule has 0 radical (unpaired) electrons. The Morgan fingerprint density at radius 1 is 1.24 bits per heavy atom. The number of carbonyl (C=O) groups excluding carboxylic acids is 1. The van der Waals surface area contributed by atoms with Gasteiger partial charge in [-0.2, -0.15) is 0 Å². The van der Waals surface area contributed by atoms with E-state index in [9.17, 15) is 24.2 Å². The van der Waals surface area contributed by atoms with E-state index in [2.05, 4.69) is 0 Å². The minimum Gasteiger partial charge on any atom is -0.481 e. The highest BCUT2D eigenvalue weighted by molar-refractivity contribution is 7.58. The van der Waals surface area contributed by atoms with Crippen LogP contribution in [-0.2, 0) is 20.6 Å². The van der Waals surface area contributed by atoms with Crippen molar-refractivity contribution in [3.8, 4) is 0 Å². The lowest BCUT2D eigenvalue weighted by Crippen LogP contribution is -2.46. The molecule has 4 atom stereocenters. The van der Waals surface area contributed by atoms with E-state index in [1.807, 2.05) is 6.07 Å². The van der Waals surface area contributed by atoms with Crippen molar-refractivity contribution < 1.29 is 24.2 Å². The number of rotatable bonds is 11. The highest BCUT2D eigenvalue weighted by atomic mass is 31.2. The molecule has 9 heteroatoms. The van der Waals surface area contributed by atoms with Crippen molar-refractivity contribution in [1.82, 2.24) is 4.90 Å². The van der Waals surface area contributed by atoms with Gasteiger partial charge in [-0.1, -0.05) is 36.8 Å². The summed E-state index contributed by atoms with van der Waals surface area (Å²) in [6, 6.07) is 8.29. The number of carbonyl (C=O) groups is 2. The molecule has 1 unspecified atom stereocenters. The Labute approximate surface area is 171 Å². The first-order valence-electron chi connectivity index (χ1n) is 10.1. The van der Waals surface area contributed by atoms with Gasteiger partial charge in [0.25, 0.3) is 0 Å². The number of nitrogens with zero attached hydrogens (tertiary/aromatic N) is 1. The summed E-state index contributed by atoms with van der Waals surface area (Å²) in [7, 11) is -3.92. The van der Waals surface area contributed by atoms with Crippen LogP contribution in [0.25, 0.3) is 0 Å². The van der Waals surface area contributed by atoms with Gasteiger partial charge in [0.05, 0.1) is 12.0 Å². The molecule has 0 bridgehead atoms. The molecule has 2 rings (SSSR count). The van der Waals surface area contributed by atoms with Gasteiger partial charge in [0.15, 0.2) is 0 Å². The highest BCUT2D eigenvalue weighted by Gasteiger charge is 2.44. The third kappa shape index (κ3) is 6.64. The van der Waals surface area contributed by atoms with Gasteiger partial charge in [0.2, 0.25) is 13.3 Å². The van der Waals surface area contributed by atoms with E-state index in [0.29, 0.717) is 32.4 Å². The van der Waals surface area contributed by atoms with Gasteiger partial charge in [-0.25, -0.2) is 0 Å². The molecular formula is C20H32N3O5P. The number of carboxylic acid groups (broad SMARTS) is 1. The summed E-state index contributed by atoms with van der Waals surface area (Å²) in [4.78, 5) is 36.6. The SMILES string of the molecule is NCCCC[C@H](N)C(=O)N1CCC[C@@H]1P(=O)(O)C[C@@H](Cc1ccccc1)C(=O)O. The zero-order chi connectivity index (χ0) is 21.4. The second-order valence-electron chi connectivity index (χ2n) is 7.71. The monoisotopic (exact) mass is 425 g/mol. The summed E-state index contributed by atoms with van der Waals surface area (Å²) in [6.45, 7) is 0.895. The lowest BCUT2D eigenvalue weighted by Gasteiger charge is -2.31. The van der Waals surface area contributed by atoms with E-state index in [1.165, 1.54) is 4.90 Å². The fraction of sp³-hybridized carbons (Fsp3) is 0.600. The van der Waals surface area contributed by atoms with Crippen LogP contribution in [0, 0.1) is 5.92 Å². The number of hydrogen-bond acceptors (Lipinski definition) is 5. The summed E-state index contributed by atoms with van der Waals surface area (Å²) < 4.78 is 13.2. The van der Waals surface area contributed by atoms with Gasteiger partial charge in [0, 0.05) is 12.7 Å². The average molecular weight is 425 g/mol. The van der Waals surface area contributed by atoms with Gasteiger partial charge in [0.1, 0.15) is 5.78 Å². The topological polar surface area (TPSA) is 147 Å². The average Bonchev–Trinajstić information content (AvgIpc) is 3.18. The van der Waals surface area contributed by atoms with Gasteiger partial charge >= 0.3 is 5.97 Å². The second kappa shape index (κ2) is 10.9. The molecule has 8 nitrogen and oxygen atoms in total. The molecule has 1 amide bonds. The lowest BCUT2D eigenvalue weighted by molar-refractivity contribution is -0.141. The van der Waals surface area contributed by atoms with E-state index in [4.69, 9.17) is 11.5 Å². The molecule has 1 aliphatic rings. The lowest BCUT2D eigenvalue weighted by atomic mass is 10.0. The fourth-order valence-corrected chi connectivity index (χ4v) is 6.25. The second-order valence-corrected chi connectivity index (χ2v) is 10.2. The predicted molar refractivity (Wildman–Crippen MR) is 112 cm³/mol. The number of unbranched alkanes of at least 4 members (excludes halogenated alkanes) is 1. The number of benzene rings is 1. The van der Waals surface area contributed by atoms with Crippen LogP contribution in [0.2, 0.25) is 0 Å². The summed E-state index contributed by atoms with van der Waals surface area (Å²) >= 11 is 0. The maximum absolute atomic E-state index is 13.2. The van der Waals surface area contributed by atoms with E-state index < -0.39 is 31.1 Å². The van der Waals surface area contributed by atoms with Crippen LogP contribution in [0.3, 0.4) is 0 Å². The van der Waals surface area contributed by atoms with Crippen molar-refractivity contribution in [2.75, 3.05) is 19.3 Å². The third-order valence-electron chi connectivity index (χ3n) is 5.41. The van der Waals surface area contributed by atoms with Crippen LogP contribution >= 0.6 is 7.37 Å². The normalized spacial score (nSPS) is 20.8. The summed E-state index contributed by atoms with van der Waals surface area (Å²) in [6.07, 6.45) is 2.74. The van der Waals surface area contributed by atoms with Crippen LogP contribution in [0.1, 0.15) is 37.7 Å². The quantitative estimate of drug-likeness (QED) is 0.311. The van der Waals surface area contributed by atoms with Crippen molar-refractivity contribution in [2.45, 2.75) is 50.3 Å². The molecule has 1 aromatic carbocycles.